The lowest BCUT2D eigenvalue weighted by atomic mass is 9.99. The van der Waals surface area contributed by atoms with Gasteiger partial charge < -0.3 is 4.42 Å². The van der Waals surface area contributed by atoms with Crippen LogP contribution < -0.4 is 0 Å². The second-order valence-corrected chi connectivity index (χ2v) is 13.1. The molecule has 9 aromatic rings. The van der Waals surface area contributed by atoms with Crippen LogP contribution in [0.4, 0.5) is 0 Å². The second kappa shape index (κ2) is 9.25. The quantitative estimate of drug-likeness (QED) is 0.206. The van der Waals surface area contributed by atoms with Crippen molar-refractivity contribution in [1.29, 1.82) is 0 Å². The molecule has 44 heavy (non-hydrogen) atoms. The van der Waals surface area contributed by atoms with E-state index < -0.39 is 0 Å². The van der Waals surface area contributed by atoms with E-state index in [0.717, 1.165) is 60.4 Å². The molecule has 0 bridgehead atoms. The summed E-state index contributed by atoms with van der Waals surface area (Å²) in [6.45, 7) is 8.86. The maximum atomic E-state index is 6.68. The Kier molecular flexibility index (Phi) is 5.36. The van der Waals surface area contributed by atoms with Crippen LogP contribution in [0.3, 0.4) is 0 Å². The Morgan fingerprint density at radius 3 is 2.50 bits per heavy atom. The van der Waals surface area contributed by atoms with Gasteiger partial charge in [-0.2, -0.15) is 0 Å². The summed E-state index contributed by atoms with van der Waals surface area (Å²) in [4.78, 5) is 11.1. The maximum Gasteiger partial charge on any atom is 0.147 e. The number of thiophene rings is 1. The molecule has 0 unspecified atom stereocenters. The first kappa shape index (κ1) is 25.5. The average Bonchev–Trinajstić information content (AvgIpc) is 3.72. The summed E-state index contributed by atoms with van der Waals surface area (Å²) >= 11 is 1.74. The van der Waals surface area contributed by atoms with Crippen molar-refractivity contribution in [3.8, 4) is 17.1 Å². The third kappa shape index (κ3) is 3.50. The van der Waals surface area contributed by atoms with E-state index in [0.29, 0.717) is 5.92 Å². The van der Waals surface area contributed by atoms with Gasteiger partial charge in [-0.15, -0.1) is 11.3 Å². The minimum absolute atomic E-state index is 0.436. The molecule has 0 spiro atoms. The number of nitrogens with zero attached hydrogens (tertiary/aromatic N) is 3. The third-order valence-corrected chi connectivity index (χ3v) is 10.3. The Labute approximate surface area is 258 Å². The number of benzene rings is 5. The molecular weight excluding hydrogens is 559 g/mol. The zero-order valence-corrected chi connectivity index (χ0v) is 25.8. The van der Waals surface area contributed by atoms with Gasteiger partial charge in [-0.25, -0.2) is 9.97 Å². The van der Waals surface area contributed by atoms with Crippen LogP contribution in [0.25, 0.3) is 81.1 Å². The maximum absolute atomic E-state index is 6.68. The molecule has 5 heteroatoms. The van der Waals surface area contributed by atoms with E-state index in [1.54, 1.807) is 11.3 Å². The number of fused-ring (bicyclic) bond motifs is 9. The molecule has 212 valence electrons. The van der Waals surface area contributed by atoms with Crippen molar-refractivity contribution in [1.82, 2.24) is 14.5 Å². The molecule has 5 aromatic carbocycles. The fourth-order valence-electron chi connectivity index (χ4n) is 6.99. The van der Waals surface area contributed by atoms with E-state index in [1.165, 1.54) is 37.4 Å². The molecule has 0 aliphatic rings. The Balaban J connectivity index is 1.43. The smallest absolute Gasteiger partial charge is 0.147 e. The Hall–Kier alpha value is -5.00. The SMILES string of the molecule is Cc1cc2c(oc3cc(C(C)C)ccc32)c(C)c1-n1c(-c2cccc3c2sc2ncccc23)nc2ccc3ccccc3c21. The number of rotatable bonds is 3. The Morgan fingerprint density at radius 2 is 1.61 bits per heavy atom. The number of furan rings is 1. The number of imidazole rings is 1. The fourth-order valence-corrected chi connectivity index (χ4v) is 8.14. The van der Waals surface area contributed by atoms with Crippen LogP contribution >= 0.6 is 11.3 Å². The Morgan fingerprint density at radius 1 is 0.773 bits per heavy atom. The van der Waals surface area contributed by atoms with Gasteiger partial charge in [-0.3, -0.25) is 4.57 Å². The minimum atomic E-state index is 0.436. The summed E-state index contributed by atoms with van der Waals surface area (Å²) in [7, 11) is 0. The molecule has 0 saturated carbocycles. The summed E-state index contributed by atoms with van der Waals surface area (Å²) in [5, 5.41) is 7.08. The highest BCUT2D eigenvalue weighted by molar-refractivity contribution is 7.26. The summed E-state index contributed by atoms with van der Waals surface area (Å²) in [6.07, 6.45) is 1.87. The number of hydrogen-bond acceptors (Lipinski definition) is 4. The highest BCUT2D eigenvalue weighted by Gasteiger charge is 2.24. The molecule has 0 aliphatic heterocycles. The van der Waals surface area contributed by atoms with Gasteiger partial charge in [0.25, 0.3) is 0 Å². The first-order valence-corrected chi connectivity index (χ1v) is 15.9. The van der Waals surface area contributed by atoms with E-state index in [1.807, 2.05) is 12.3 Å². The molecule has 0 amide bonds. The van der Waals surface area contributed by atoms with Crippen molar-refractivity contribution < 1.29 is 4.42 Å². The molecule has 0 N–H and O–H groups in total. The number of aromatic nitrogens is 3. The van der Waals surface area contributed by atoms with Crippen molar-refractivity contribution in [2.75, 3.05) is 0 Å². The largest absolute Gasteiger partial charge is 0.456 e. The highest BCUT2D eigenvalue weighted by Crippen LogP contribution is 2.44. The molecule has 4 nitrogen and oxygen atoms in total. The lowest BCUT2D eigenvalue weighted by Crippen LogP contribution is -2.03. The van der Waals surface area contributed by atoms with E-state index in [-0.39, 0.29) is 0 Å². The lowest BCUT2D eigenvalue weighted by Gasteiger charge is -2.17. The van der Waals surface area contributed by atoms with Gasteiger partial charge >= 0.3 is 0 Å². The first-order valence-electron chi connectivity index (χ1n) is 15.1. The molecule has 0 aliphatic carbocycles. The fraction of sp³-hybridized carbons (Fsp3) is 0.128. The minimum Gasteiger partial charge on any atom is -0.456 e. The van der Waals surface area contributed by atoms with Crippen molar-refractivity contribution in [2.45, 2.75) is 33.6 Å². The van der Waals surface area contributed by atoms with Gasteiger partial charge in [-0.05, 0) is 72.7 Å². The van der Waals surface area contributed by atoms with Gasteiger partial charge in [0.2, 0.25) is 0 Å². The van der Waals surface area contributed by atoms with Gasteiger partial charge in [0, 0.05) is 49.0 Å². The average molecular weight is 588 g/mol. The highest BCUT2D eigenvalue weighted by atomic mass is 32.1. The topological polar surface area (TPSA) is 43.9 Å². The van der Waals surface area contributed by atoms with Crippen LogP contribution in [-0.4, -0.2) is 14.5 Å². The summed E-state index contributed by atoms with van der Waals surface area (Å²) < 4.78 is 10.3. The molecule has 4 heterocycles. The van der Waals surface area contributed by atoms with Crippen LogP contribution in [-0.2, 0) is 0 Å². The van der Waals surface area contributed by atoms with Crippen molar-refractivity contribution in [3.63, 3.8) is 0 Å². The van der Waals surface area contributed by atoms with E-state index in [2.05, 4.69) is 117 Å². The molecule has 0 saturated heterocycles. The number of hydrogen-bond donors (Lipinski definition) is 0. The van der Waals surface area contributed by atoms with Crippen LogP contribution in [0.15, 0.2) is 102 Å². The van der Waals surface area contributed by atoms with Crippen LogP contribution in [0, 0.1) is 13.8 Å². The van der Waals surface area contributed by atoms with Gasteiger partial charge in [-0.1, -0.05) is 68.4 Å². The van der Waals surface area contributed by atoms with Crippen LogP contribution in [0.1, 0.15) is 36.5 Å². The van der Waals surface area contributed by atoms with Crippen molar-refractivity contribution in [2.24, 2.45) is 0 Å². The Bertz CT molecular complexity index is 2620. The molecule has 0 radical (unpaired) electrons. The normalized spacial score (nSPS) is 12.3. The van der Waals surface area contributed by atoms with E-state index in [4.69, 9.17) is 14.4 Å². The zero-order valence-electron chi connectivity index (χ0n) is 25.0. The summed E-state index contributed by atoms with van der Waals surface area (Å²) in [5.41, 5.74) is 9.75. The summed E-state index contributed by atoms with van der Waals surface area (Å²) in [6, 6.07) is 32.6. The third-order valence-electron chi connectivity index (χ3n) is 9.13. The number of aryl methyl sites for hydroxylation is 2. The van der Waals surface area contributed by atoms with Gasteiger partial charge in [0.1, 0.15) is 21.8 Å². The van der Waals surface area contributed by atoms with Crippen molar-refractivity contribution in [3.05, 3.63) is 114 Å². The predicted octanol–water partition coefficient (Wildman–Crippen LogP) is 11.2. The molecular formula is C39H29N3OS. The standard InChI is InChI=1S/C39H29N3OS/c1-21(2)25-14-16-27-31-19-22(3)34(23(4)36(31)43-33(27)20-25)42-35-26-10-6-5-9-24(26)15-17-32(35)41-38(42)30-12-7-11-28-29-13-8-18-40-39(29)44-37(28)30/h5-21H,1-4H3. The van der Waals surface area contributed by atoms with E-state index >= 15 is 0 Å². The molecule has 4 aromatic heterocycles. The number of pyridine rings is 1. The van der Waals surface area contributed by atoms with E-state index in [9.17, 15) is 0 Å². The molecule has 9 rings (SSSR count). The monoisotopic (exact) mass is 587 g/mol. The molecule has 0 atom stereocenters. The predicted molar refractivity (Wildman–Crippen MR) is 186 cm³/mol. The molecule has 0 fully saturated rings. The van der Waals surface area contributed by atoms with Crippen molar-refractivity contribution >= 4 is 75.4 Å². The van der Waals surface area contributed by atoms with Crippen LogP contribution in [0.5, 0.6) is 0 Å². The zero-order chi connectivity index (χ0) is 29.7. The van der Waals surface area contributed by atoms with Crippen LogP contribution in [0.2, 0.25) is 0 Å². The lowest BCUT2D eigenvalue weighted by molar-refractivity contribution is 0.663. The van der Waals surface area contributed by atoms with Gasteiger partial charge in [0.05, 0.1) is 16.7 Å². The first-order chi connectivity index (χ1) is 21.5. The summed E-state index contributed by atoms with van der Waals surface area (Å²) in [5.74, 6) is 1.36. The second-order valence-electron chi connectivity index (χ2n) is 12.1. The van der Waals surface area contributed by atoms with Gasteiger partial charge in [0.15, 0.2) is 0 Å².